The lowest BCUT2D eigenvalue weighted by Crippen LogP contribution is -2.24. The fourth-order valence-electron chi connectivity index (χ4n) is 3.30. The van der Waals surface area contributed by atoms with Gasteiger partial charge in [-0.2, -0.15) is 0 Å². The van der Waals surface area contributed by atoms with Gasteiger partial charge in [-0.3, -0.25) is 14.9 Å². The summed E-state index contributed by atoms with van der Waals surface area (Å²) in [5.41, 5.74) is 4.25. The number of nitro benzene ring substituents is 1. The number of carbonyl (C=O) groups is 1. The summed E-state index contributed by atoms with van der Waals surface area (Å²) >= 11 is 0. The highest BCUT2D eigenvalue weighted by Crippen LogP contribution is 2.33. The predicted octanol–water partition coefficient (Wildman–Crippen LogP) is 3.39. The molecule has 2 aromatic rings. The van der Waals surface area contributed by atoms with Crippen LogP contribution in [-0.2, 0) is 17.6 Å². The number of non-ortho nitro benzene ring substituents is 1. The van der Waals surface area contributed by atoms with Gasteiger partial charge in [-0.1, -0.05) is 18.2 Å². The zero-order valence-electron chi connectivity index (χ0n) is 16.0. The van der Waals surface area contributed by atoms with Gasteiger partial charge in [0.25, 0.3) is 5.69 Å². The number of aryl methyl sites for hydroxylation is 2. The SMILES string of the molecule is Cc1ccc(OCCNCCCc2ccc([N+](=O)[O-])cc2)c2c1NC(=O)CC2. The van der Waals surface area contributed by atoms with E-state index in [2.05, 4.69) is 10.6 Å². The summed E-state index contributed by atoms with van der Waals surface area (Å²) in [6.45, 7) is 4.12. The van der Waals surface area contributed by atoms with E-state index in [0.29, 0.717) is 19.4 Å². The smallest absolute Gasteiger partial charge is 0.269 e. The molecule has 0 saturated heterocycles. The average Bonchev–Trinajstić information content (AvgIpc) is 2.69. The third kappa shape index (κ3) is 5.07. The Morgan fingerprint density at radius 2 is 1.93 bits per heavy atom. The Morgan fingerprint density at radius 1 is 1.14 bits per heavy atom. The lowest BCUT2D eigenvalue weighted by molar-refractivity contribution is -0.384. The van der Waals surface area contributed by atoms with Gasteiger partial charge in [0.15, 0.2) is 0 Å². The second-order valence-electron chi connectivity index (χ2n) is 6.91. The van der Waals surface area contributed by atoms with Crippen LogP contribution in [0.15, 0.2) is 36.4 Å². The summed E-state index contributed by atoms with van der Waals surface area (Å²) in [6, 6.07) is 10.6. The summed E-state index contributed by atoms with van der Waals surface area (Å²) in [5, 5.41) is 16.9. The molecular weight excluding hydrogens is 358 g/mol. The van der Waals surface area contributed by atoms with Crippen molar-refractivity contribution in [2.24, 2.45) is 0 Å². The van der Waals surface area contributed by atoms with Crippen molar-refractivity contribution in [1.29, 1.82) is 0 Å². The van der Waals surface area contributed by atoms with Crippen LogP contribution in [-0.4, -0.2) is 30.5 Å². The second kappa shape index (κ2) is 9.32. The van der Waals surface area contributed by atoms with E-state index in [0.717, 1.165) is 54.1 Å². The lowest BCUT2D eigenvalue weighted by Gasteiger charge is -2.22. The van der Waals surface area contributed by atoms with E-state index in [1.54, 1.807) is 24.3 Å². The summed E-state index contributed by atoms with van der Waals surface area (Å²) in [4.78, 5) is 21.9. The van der Waals surface area contributed by atoms with Gasteiger partial charge in [-0.15, -0.1) is 0 Å². The average molecular weight is 383 g/mol. The van der Waals surface area contributed by atoms with Crippen molar-refractivity contribution in [2.45, 2.75) is 32.6 Å². The van der Waals surface area contributed by atoms with Crippen LogP contribution >= 0.6 is 0 Å². The first kappa shape index (κ1) is 19.8. The van der Waals surface area contributed by atoms with Crippen LogP contribution in [0, 0.1) is 17.0 Å². The van der Waals surface area contributed by atoms with Gasteiger partial charge in [0, 0.05) is 30.7 Å². The summed E-state index contributed by atoms with van der Waals surface area (Å²) < 4.78 is 5.92. The molecule has 1 aliphatic heterocycles. The molecule has 0 atom stereocenters. The Hall–Kier alpha value is -2.93. The number of ether oxygens (including phenoxy) is 1. The van der Waals surface area contributed by atoms with Gasteiger partial charge < -0.3 is 15.4 Å². The standard InChI is InChI=1S/C21H25N3O4/c1-15-4-10-19(18-9-11-20(25)23-21(15)18)28-14-13-22-12-2-3-16-5-7-17(8-6-16)24(26)27/h4-8,10,22H,2-3,9,11-14H2,1H3,(H,23,25). The zero-order chi connectivity index (χ0) is 19.9. The van der Waals surface area contributed by atoms with Crippen LogP contribution < -0.4 is 15.4 Å². The van der Waals surface area contributed by atoms with Crippen molar-refractivity contribution in [3.63, 3.8) is 0 Å². The number of anilines is 1. The summed E-state index contributed by atoms with van der Waals surface area (Å²) in [6.07, 6.45) is 3.02. The predicted molar refractivity (Wildman–Crippen MR) is 108 cm³/mol. The number of benzene rings is 2. The molecule has 0 aliphatic carbocycles. The topological polar surface area (TPSA) is 93.5 Å². The van der Waals surface area contributed by atoms with E-state index in [-0.39, 0.29) is 16.5 Å². The second-order valence-corrected chi connectivity index (χ2v) is 6.91. The van der Waals surface area contributed by atoms with E-state index in [1.165, 1.54) is 0 Å². The molecule has 0 fully saturated rings. The summed E-state index contributed by atoms with van der Waals surface area (Å²) in [5.74, 6) is 0.899. The molecule has 0 bridgehead atoms. The Morgan fingerprint density at radius 3 is 2.68 bits per heavy atom. The quantitative estimate of drug-likeness (QED) is 0.393. The maximum atomic E-state index is 11.6. The molecule has 148 valence electrons. The number of hydrogen-bond donors (Lipinski definition) is 2. The fourth-order valence-corrected chi connectivity index (χ4v) is 3.30. The molecule has 0 radical (unpaired) electrons. The number of rotatable bonds is 9. The Labute approximate surface area is 164 Å². The zero-order valence-corrected chi connectivity index (χ0v) is 16.0. The van der Waals surface area contributed by atoms with Crippen LogP contribution in [0.25, 0.3) is 0 Å². The molecule has 0 aromatic heterocycles. The van der Waals surface area contributed by atoms with Crippen molar-refractivity contribution in [2.75, 3.05) is 25.0 Å². The third-order valence-corrected chi connectivity index (χ3v) is 4.85. The van der Waals surface area contributed by atoms with Crippen LogP contribution in [0.5, 0.6) is 5.75 Å². The number of nitrogens with zero attached hydrogens (tertiary/aromatic N) is 1. The monoisotopic (exact) mass is 383 g/mol. The van der Waals surface area contributed by atoms with Gasteiger partial charge in [0.05, 0.1) is 10.6 Å². The van der Waals surface area contributed by atoms with E-state index >= 15 is 0 Å². The molecule has 0 saturated carbocycles. The number of fused-ring (bicyclic) bond motifs is 1. The number of amides is 1. The summed E-state index contributed by atoms with van der Waals surface area (Å²) in [7, 11) is 0. The van der Waals surface area contributed by atoms with Gasteiger partial charge >= 0.3 is 0 Å². The molecule has 0 unspecified atom stereocenters. The van der Waals surface area contributed by atoms with Crippen molar-refractivity contribution < 1.29 is 14.5 Å². The highest BCUT2D eigenvalue weighted by Gasteiger charge is 2.20. The minimum atomic E-state index is -0.384. The molecule has 7 nitrogen and oxygen atoms in total. The van der Waals surface area contributed by atoms with Crippen molar-refractivity contribution in [3.8, 4) is 5.75 Å². The number of carbonyl (C=O) groups excluding carboxylic acids is 1. The van der Waals surface area contributed by atoms with E-state index in [1.807, 2.05) is 19.1 Å². The molecule has 2 N–H and O–H groups in total. The highest BCUT2D eigenvalue weighted by molar-refractivity contribution is 5.95. The molecular formula is C21H25N3O4. The van der Waals surface area contributed by atoms with E-state index in [4.69, 9.17) is 4.74 Å². The first-order valence-electron chi connectivity index (χ1n) is 9.54. The van der Waals surface area contributed by atoms with Crippen LogP contribution in [0.2, 0.25) is 0 Å². The van der Waals surface area contributed by atoms with Gasteiger partial charge in [0.2, 0.25) is 5.91 Å². The molecule has 1 aliphatic rings. The van der Waals surface area contributed by atoms with Crippen LogP contribution in [0.3, 0.4) is 0 Å². The normalized spacial score (nSPS) is 13.0. The Kier molecular flexibility index (Phi) is 6.60. The largest absolute Gasteiger partial charge is 0.492 e. The number of hydrogen-bond acceptors (Lipinski definition) is 5. The van der Waals surface area contributed by atoms with Crippen LogP contribution in [0.4, 0.5) is 11.4 Å². The minimum absolute atomic E-state index is 0.0578. The number of nitrogens with one attached hydrogen (secondary N) is 2. The van der Waals surface area contributed by atoms with Crippen molar-refractivity contribution >= 4 is 17.3 Å². The third-order valence-electron chi connectivity index (χ3n) is 4.85. The minimum Gasteiger partial charge on any atom is -0.492 e. The van der Waals surface area contributed by atoms with Crippen LogP contribution in [0.1, 0.15) is 29.5 Å². The van der Waals surface area contributed by atoms with Crippen molar-refractivity contribution in [3.05, 3.63) is 63.2 Å². The van der Waals surface area contributed by atoms with E-state index in [9.17, 15) is 14.9 Å². The molecule has 28 heavy (non-hydrogen) atoms. The van der Waals surface area contributed by atoms with Crippen molar-refractivity contribution in [1.82, 2.24) is 5.32 Å². The van der Waals surface area contributed by atoms with Gasteiger partial charge in [-0.05, 0) is 49.9 Å². The molecule has 1 amide bonds. The number of nitro groups is 1. The fraction of sp³-hybridized carbons (Fsp3) is 0.381. The maximum absolute atomic E-state index is 11.6. The first-order chi connectivity index (χ1) is 13.5. The first-order valence-corrected chi connectivity index (χ1v) is 9.54. The van der Waals surface area contributed by atoms with Gasteiger partial charge in [-0.25, -0.2) is 0 Å². The van der Waals surface area contributed by atoms with E-state index < -0.39 is 0 Å². The van der Waals surface area contributed by atoms with Gasteiger partial charge in [0.1, 0.15) is 12.4 Å². The Bertz CT molecular complexity index is 849. The lowest BCUT2D eigenvalue weighted by atomic mass is 9.98. The molecule has 1 heterocycles. The molecule has 0 spiro atoms. The molecule has 7 heteroatoms. The molecule has 3 rings (SSSR count). The maximum Gasteiger partial charge on any atom is 0.269 e. The highest BCUT2D eigenvalue weighted by atomic mass is 16.6. The molecule has 2 aromatic carbocycles. The Balaban J connectivity index is 1.37.